The monoisotopic (exact) mass is 424 g/mol. The van der Waals surface area contributed by atoms with Gasteiger partial charge in [-0.3, -0.25) is 10.1 Å². The minimum atomic E-state index is -0.244. The van der Waals surface area contributed by atoms with Crippen LogP contribution in [0.25, 0.3) is 22.5 Å². The van der Waals surface area contributed by atoms with Crippen LogP contribution in [0.2, 0.25) is 10.0 Å². The van der Waals surface area contributed by atoms with Gasteiger partial charge in [0.05, 0.1) is 27.7 Å². The van der Waals surface area contributed by atoms with Crippen molar-refractivity contribution in [2.75, 3.05) is 5.32 Å². The lowest BCUT2D eigenvalue weighted by Crippen LogP contribution is -2.14. The Balaban J connectivity index is 1.74. The maximum atomic E-state index is 12.6. The van der Waals surface area contributed by atoms with Crippen molar-refractivity contribution >= 4 is 35.0 Å². The Hall–Kier alpha value is -3.22. The van der Waals surface area contributed by atoms with Crippen LogP contribution in [0.5, 0.6) is 0 Å². The second-order valence-corrected chi connectivity index (χ2v) is 6.93. The Morgan fingerprint density at radius 3 is 2.62 bits per heavy atom. The van der Waals surface area contributed by atoms with Crippen molar-refractivity contribution in [1.29, 1.82) is 0 Å². The van der Waals surface area contributed by atoms with Crippen LogP contribution in [0.15, 0.2) is 71.6 Å². The second kappa shape index (κ2) is 8.43. The Bertz CT molecular complexity index is 1150. The van der Waals surface area contributed by atoms with E-state index in [2.05, 4.69) is 20.4 Å². The molecule has 2 aromatic heterocycles. The molecule has 0 atom stereocenters. The summed E-state index contributed by atoms with van der Waals surface area (Å²) in [6.07, 6.45) is 3.19. The first-order valence-electron chi connectivity index (χ1n) is 8.67. The number of hydrogen-bond acceptors (Lipinski definition) is 5. The molecule has 0 bridgehead atoms. The molecule has 4 aromatic rings. The first kappa shape index (κ1) is 19.1. The smallest absolute Gasteiger partial charge is 0.241 e. The van der Waals surface area contributed by atoms with Crippen LogP contribution >= 0.6 is 23.2 Å². The zero-order valence-corrected chi connectivity index (χ0v) is 16.5. The van der Waals surface area contributed by atoms with Crippen molar-refractivity contribution in [2.24, 2.45) is 0 Å². The number of halogens is 2. The third kappa shape index (κ3) is 4.13. The first-order chi connectivity index (χ1) is 14.1. The third-order valence-electron chi connectivity index (χ3n) is 4.20. The molecule has 0 saturated heterocycles. The van der Waals surface area contributed by atoms with E-state index in [4.69, 9.17) is 27.7 Å². The number of benzene rings is 2. The fraction of sp³-hybridized carbons (Fsp3) is 0.0476. The topological polar surface area (TPSA) is 80.9 Å². The molecule has 2 aromatic carbocycles. The summed E-state index contributed by atoms with van der Waals surface area (Å²) in [6.45, 7) is 0. The summed E-state index contributed by atoms with van der Waals surface area (Å²) in [4.78, 5) is 20.8. The van der Waals surface area contributed by atoms with Crippen LogP contribution in [0.3, 0.4) is 0 Å². The van der Waals surface area contributed by atoms with Gasteiger partial charge in [0.15, 0.2) is 0 Å². The molecule has 0 spiro atoms. The summed E-state index contributed by atoms with van der Waals surface area (Å²) < 4.78 is 5.46. The lowest BCUT2D eigenvalue weighted by molar-refractivity contribution is -0.115. The summed E-state index contributed by atoms with van der Waals surface area (Å²) in [7, 11) is 0. The van der Waals surface area contributed by atoms with E-state index < -0.39 is 0 Å². The predicted octanol–water partition coefficient (Wildman–Crippen LogP) is 5.29. The van der Waals surface area contributed by atoms with Gasteiger partial charge in [0, 0.05) is 11.8 Å². The van der Waals surface area contributed by atoms with Gasteiger partial charge in [0.1, 0.15) is 12.0 Å². The van der Waals surface area contributed by atoms with Crippen LogP contribution in [-0.2, 0) is 11.2 Å². The molecule has 1 N–H and O–H groups in total. The van der Waals surface area contributed by atoms with Crippen LogP contribution in [0.1, 0.15) is 5.56 Å². The molecule has 0 unspecified atom stereocenters. The highest BCUT2D eigenvalue weighted by Gasteiger charge is 2.24. The standard InChI is InChI=1S/C21H14Cl2N4O2/c22-15-8-4-7-14(19(15)23)20-18(16-9-10-24-12-25-16)21(29-27-20)26-17(28)11-13-5-2-1-3-6-13/h1-10,12H,11H2,(H,26,28). The quantitative estimate of drug-likeness (QED) is 0.470. The summed E-state index contributed by atoms with van der Waals surface area (Å²) in [6, 6.07) is 16.3. The molecule has 0 radical (unpaired) electrons. The summed E-state index contributed by atoms with van der Waals surface area (Å²) in [5.41, 5.74) is 2.90. The Morgan fingerprint density at radius 2 is 1.86 bits per heavy atom. The number of aromatic nitrogens is 3. The number of anilines is 1. The molecule has 4 rings (SSSR count). The van der Waals surface area contributed by atoms with Crippen molar-refractivity contribution in [3.05, 3.63) is 82.7 Å². The zero-order chi connectivity index (χ0) is 20.2. The molecule has 0 aliphatic heterocycles. The van der Waals surface area contributed by atoms with Crippen LogP contribution in [-0.4, -0.2) is 21.0 Å². The van der Waals surface area contributed by atoms with E-state index in [1.54, 1.807) is 30.5 Å². The highest BCUT2D eigenvalue weighted by atomic mass is 35.5. The summed E-state index contributed by atoms with van der Waals surface area (Å²) in [5, 5.41) is 7.63. The average molecular weight is 425 g/mol. The van der Waals surface area contributed by atoms with Crippen molar-refractivity contribution in [2.45, 2.75) is 6.42 Å². The number of carbonyl (C=O) groups is 1. The molecule has 2 heterocycles. The third-order valence-corrected chi connectivity index (χ3v) is 5.02. The van der Waals surface area contributed by atoms with Gasteiger partial charge in [-0.15, -0.1) is 0 Å². The van der Waals surface area contributed by atoms with E-state index in [1.165, 1.54) is 6.33 Å². The van der Waals surface area contributed by atoms with Crippen LogP contribution in [0, 0.1) is 0 Å². The van der Waals surface area contributed by atoms with Gasteiger partial charge in [0.25, 0.3) is 0 Å². The van der Waals surface area contributed by atoms with Crippen LogP contribution < -0.4 is 5.32 Å². The Kier molecular flexibility index (Phi) is 5.55. The fourth-order valence-electron chi connectivity index (χ4n) is 2.87. The molecular formula is C21H14Cl2N4O2. The van der Waals surface area contributed by atoms with Crippen molar-refractivity contribution in [3.63, 3.8) is 0 Å². The maximum absolute atomic E-state index is 12.6. The van der Waals surface area contributed by atoms with Crippen molar-refractivity contribution in [3.8, 4) is 22.5 Å². The fourth-order valence-corrected chi connectivity index (χ4v) is 3.26. The largest absolute Gasteiger partial charge is 0.337 e. The Morgan fingerprint density at radius 1 is 1.03 bits per heavy atom. The maximum Gasteiger partial charge on any atom is 0.241 e. The van der Waals surface area contributed by atoms with Crippen molar-refractivity contribution < 1.29 is 9.32 Å². The molecule has 6 nitrogen and oxygen atoms in total. The van der Waals surface area contributed by atoms with Crippen molar-refractivity contribution in [1.82, 2.24) is 15.1 Å². The number of hydrogen-bond donors (Lipinski definition) is 1. The lowest BCUT2D eigenvalue weighted by Gasteiger charge is -2.07. The highest BCUT2D eigenvalue weighted by molar-refractivity contribution is 6.43. The summed E-state index contributed by atoms with van der Waals surface area (Å²) in [5.74, 6) is -0.0675. The van der Waals surface area contributed by atoms with Gasteiger partial charge in [-0.1, -0.05) is 70.8 Å². The molecule has 0 aliphatic rings. The molecule has 0 aliphatic carbocycles. The minimum Gasteiger partial charge on any atom is -0.337 e. The SMILES string of the molecule is O=C(Cc1ccccc1)Nc1onc(-c2cccc(Cl)c2Cl)c1-c1ccncn1. The van der Waals surface area contributed by atoms with Gasteiger partial charge in [-0.25, -0.2) is 9.97 Å². The molecular weight excluding hydrogens is 411 g/mol. The first-order valence-corrected chi connectivity index (χ1v) is 9.43. The van der Waals surface area contributed by atoms with E-state index >= 15 is 0 Å². The molecule has 1 amide bonds. The van der Waals surface area contributed by atoms with Gasteiger partial charge in [-0.05, 0) is 17.7 Å². The summed E-state index contributed by atoms with van der Waals surface area (Å²) >= 11 is 12.5. The van der Waals surface area contributed by atoms with Gasteiger partial charge >= 0.3 is 0 Å². The van der Waals surface area contributed by atoms with Gasteiger partial charge in [0.2, 0.25) is 11.8 Å². The molecule has 8 heteroatoms. The number of nitrogens with one attached hydrogen (secondary N) is 1. The van der Waals surface area contributed by atoms with E-state index in [9.17, 15) is 4.79 Å². The number of nitrogens with zero attached hydrogens (tertiary/aromatic N) is 3. The number of amides is 1. The van der Waals surface area contributed by atoms with E-state index in [0.717, 1.165) is 5.56 Å². The molecule has 144 valence electrons. The predicted molar refractivity (Wildman–Crippen MR) is 112 cm³/mol. The minimum absolute atomic E-state index is 0.177. The second-order valence-electron chi connectivity index (χ2n) is 6.14. The number of carbonyl (C=O) groups excluding carboxylic acids is 1. The van der Waals surface area contributed by atoms with Crippen LogP contribution in [0.4, 0.5) is 5.88 Å². The average Bonchev–Trinajstić information content (AvgIpc) is 3.14. The molecule has 29 heavy (non-hydrogen) atoms. The highest BCUT2D eigenvalue weighted by Crippen LogP contribution is 2.41. The zero-order valence-electron chi connectivity index (χ0n) is 15.0. The lowest BCUT2D eigenvalue weighted by atomic mass is 10.0. The molecule has 0 saturated carbocycles. The van der Waals surface area contributed by atoms with Gasteiger partial charge in [-0.2, -0.15) is 0 Å². The number of rotatable bonds is 5. The normalized spacial score (nSPS) is 10.7. The van der Waals surface area contributed by atoms with E-state index in [0.29, 0.717) is 32.6 Å². The molecule has 0 fully saturated rings. The van der Waals surface area contributed by atoms with E-state index in [1.807, 2.05) is 30.3 Å². The van der Waals surface area contributed by atoms with E-state index in [-0.39, 0.29) is 18.2 Å². The Labute approximate surface area is 176 Å². The van der Waals surface area contributed by atoms with Gasteiger partial charge < -0.3 is 4.52 Å².